The first-order valence-corrected chi connectivity index (χ1v) is 8.67. The molecule has 1 aliphatic heterocycles. The molecule has 1 fully saturated rings. The number of aliphatic carboxylic acids is 1. The minimum atomic E-state index is -0.970. The average Bonchev–Trinajstić information content (AvgIpc) is 3.08. The van der Waals surface area contributed by atoms with Crippen molar-refractivity contribution in [2.24, 2.45) is 5.92 Å². The van der Waals surface area contributed by atoms with Gasteiger partial charge < -0.3 is 14.4 Å². The highest BCUT2D eigenvalue weighted by Gasteiger charge is 2.34. The summed E-state index contributed by atoms with van der Waals surface area (Å²) in [7, 11) is 0. The van der Waals surface area contributed by atoms with Crippen LogP contribution in [0.1, 0.15) is 32.1 Å². The molecule has 1 amide bonds. The number of aryl methyl sites for hydroxylation is 1. The highest BCUT2D eigenvalue weighted by Crippen LogP contribution is 2.25. The van der Waals surface area contributed by atoms with Crippen LogP contribution in [0.15, 0.2) is 34.9 Å². The third-order valence-corrected chi connectivity index (χ3v) is 4.72. The van der Waals surface area contributed by atoms with Crippen LogP contribution in [-0.2, 0) is 16.0 Å². The number of nitrogens with zero attached hydrogens (tertiary/aromatic N) is 2. The van der Waals surface area contributed by atoms with E-state index < -0.39 is 17.8 Å². The summed E-state index contributed by atoms with van der Waals surface area (Å²) < 4.78 is 19.3. The highest BCUT2D eigenvalue weighted by molar-refractivity contribution is 5.84. The quantitative estimate of drug-likeness (QED) is 0.886. The van der Waals surface area contributed by atoms with Crippen LogP contribution < -0.4 is 0 Å². The molecule has 0 radical (unpaired) electrons. The Balaban J connectivity index is 1.63. The largest absolute Gasteiger partial charge is 0.480 e. The summed E-state index contributed by atoms with van der Waals surface area (Å²) in [6.45, 7) is 2.44. The fourth-order valence-corrected chi connectivity index (χ4v) is 3.24. The fourth-order valence-electron chi connectivity index (χ4n) is 3.24. The van der Waals surface area contributed by atoms with E-state index in [-0.39, 0.29) is 24.7 Å². The number of piperidine rings is 1. The highest BCUT2D eigenvalue weighted by atomic mass is 19.1. The monoisotopic (exact) mass is 360 g/mol. The molecule has 1 saturated heterocycles. The number of carbonyl (C=O) groups is 2. The van der Waals surface area contributed by atoms with Gasteiger partial charge in [-0.2, -0.15) is 0 Å². The molecule has 2 aromatic rings. The first-order valence-electron chi connectivity index (χ1n) is 8.67. The van der Waals surface area contributed by atoms with Gasteiger partial charge in [-0.25, -0.2) is 14.2 Å². The number of hydrogen-bond acceptors (Lipinski definition) is 4. The van der Waals surface area contributed by atoms with Gasteiger partial charge in [0.1, 0.15) is 11.9 Å². The van der Waals surface area contributed by atoms with Crippen LogP contribution >= 0.6 is 0 Å². The molecule has 0 bridgehead atoms. The molecule has 2 atom stereocenters. The predicted molar refractivity (Wildman–Crippen MR) is 91.8 cm³/mol. The van der Waals surface area contributed by atoms with Crippen molar-refractivity contribution in [3.8, 4) is 11.3 Å². The molecule has 0 saturated carbocycles. The normalized spacial score (nSPS) is 20.2. The van der Waals surface area contributed by atoms with Crippen LogP contribution in [0.5, 0.6) is 0 Å². The Morgan fingerprint density at radius 2 is 2.15 bits per heavy atom. The minimum Gasteiger partial charge on any atom is -0.480 e. The molecule has 138 valence electrons. The second-order valence-electron chi connectivity index (χ2n) is 6.67. The number of carboxylic acids is 1. The summed E-state index contributed by atoms with van der Waals surface area (Å²) in [4.78, 5) is 29.4. The summed E-state index contributed by atoms with van der Waals surface area (Å²) in [6, 6.07) is 5.45. The van der Waals surface area contributed by atoms with E-state index in [4.69, 9.17) is 4.42 Å². The van der Waals surface area contributed by atoms with Crippen molar-refractivity contribution in [3.63, 3.8) is 0 Å². The zero-order valence-electron chi connectivity index (χ0n) is 14.5. The molecule has 1 aromatic heterocycles. The lowest BCUT2D eigenvalue weighted by Gasteiger charge is -2.36. The van der Waals surface area contributed by atoms with Gasteiger partial charge in [0.2, 0.25) is 5.91 Å². The van der Waals surface area contributed by atoms with Gasteiger partial charge in [-0.3, -0.25) is 4.79 Å². The van der Waals surface area contributed by atoms with Gasteiger partial charge in [-0.1, -0.05) is 19.1 Å². The molecule has 0 spiro atoms. The van der Waals surface area contributed by atoms with Crippen molar-refractivity contribution in [2.75, 3.05) is 6.54 Å². The summed E-state index contributed by atoms with van der Waals surface area (Å²) in [6.07, 6.45) is 3.05. The Morgan fingerprint density at radius 3 is 2.88 bits per heavy atom. The first kappa shape index (κ1) is 18.1. The topological polar surface area (TPSA) is 83.6 Å². The number of carbonyl (C=O) groups excluding carboxylic acids is 1. The standard InChI is InChI=1S/C19H21FN2O4/c1-12-8-9-22(15(10-12)19(24)25)18(23)7-6-17-21-11-16(26-17)13-4-2-3-5-14(13)20/h2-5,11-12,15H,6-10H2,1H3,(H,24,25). The van der Waals surface area contributed by atoms with Crippen molar-refractivity contribution in [1.29, 1.82) is 0 Å². The molecule has 6 nitrogen and oxygen atoms in total. The Labute approximate surface area is 150 Å². The van der Waals surface area contributed by atoms with Crippen LogP contribution in [0.3, 0.4) is 0 Å². The average molecular weight is 360 g/mol. The zero-order chi connectivity index (χ0) is 18.7. The molecule has 3 rings (SSSR count). The maximum atomic E-state index is 13.8. The maximum absolute atomic E-state index is 13.8. The van der Waals surface area contributed by atoms with Gasteiger partial charge in [0.15, 0.2) is 11.7 Å². The third-order valence-electron chi connectivity index (χ3n) is 4.72. The van der Waals surface area contributed by atoms with Crippen molar-refractivity contribution in [1.82, 2.24) is 9.88 Å². The second kappa shape index (κ2) is 7.68. The smallest absolute Gasteiger partial charge is 0.326 e. The van der Waals surface area contributed by atoms with Gasteiger partial charge in [-0.05, 0) is 30.9 Å². The lowest BCUT2D eigenvalue weighted by Crippen LogP contribution is -2.49. The van der Waals surface area contributed by atoms with E-state index in [2.05, 4.69) is 4.98 Å². The number of rotatable bonds is 5. The molecule has 1 aliphatic rings. The van der Waals surface area contributed by atoms with E-state index >= 15 is 0 Å². The number of carboxylic acid groups (broad SMARTS) is 1. The lowest BCUT2D eigenvalue weighted by atomic mass is 9.92. The van der Waals surface area contributed by atoms with Crippen LogP contribution in [0.4, 0.5) is 4.39 Å². The Bertz CT molecular complexity index is 804. The van der Waals surface area contributed by atoms with Gasteiger partial charge in [0.25, 0.3) is 0 Å². The Morgan fingerprint density at radius 1 is 1.38 bits per heavy atom. The van der Waals surface area contributed by atoms with Crippen molar-refractivity contribution >= 4 is 11.9 Å². The molecule has 1 aromatic carbocycles. The molecule has 7 heteroatoms. The van der Waals surface area contributed by atoms with E-state index in [0.29, 0.717) is 30.2 Å². The van der Waals surface area contributed by atoms with Gasteiger partial charge >= 0.3 is 5.97 Å². The zero-order valence-corrected chi connectivity index (χ0v) is 14.5. The Hall–Kier alpha value is -2.70. The minimum absolute atomic E-state index is 0.107. The predicted octanol–water partition coefficient (Wildman–Crippen LogP) is 3.13. The van der Waals surface area contributed by atoms with Crippen LogP contribution in [0, 0.1) is 11.7 Å². The molecule has 0 aliphatic carbocycles. The van der Waals surface area contributed by atoms with Crippen LogP contribution in [0.2, 0.25) is 0 Å². The number of hydrogen-bond donors (Lipinski definition) is 1. The first-order chi connectivity index (χ1) is 12.5. The SMILES string of the molecule is CC1CCN(C(=O)CCc2ncc(-c3ccccc3F)o2)C(C(=O)O)C1. The van der Waals surface area contributed by atoms with Gasteiger partial charge in [-0.15, -0.1) is 0 Å². The number of amides is 1. The molecule has 2 unspecified atom stereocenters. The maximum Gasteiger partial charge on any atom is 0.326 e. The number of aromatic nitrogens is 1. The summed E-state index contributed by atoms with van der Waals surface area (Å²) in [5.41, 5.74) is 0.313. The number of benzene rings is 1. The molecule has 2 heterocycles. The van der Waals surface area contributed by atoms with E-state index in [0.717, 1.165) is 6.42 Å². The second-order valence-corrected chi connectivity index (χ2v) is 6.67. The van der Waals surface area contributed by atoms with Crippen molar-refractivity contribution < 1.29 is 23.5 Å². The van der Waals surface area contributed by atoms with Crippen LogP contribution in [-0.4, -0.2) is 39.5 Å². The van der Waals surface area contributed by atoms with Crippen LogP contribution in [0.25, 0.3) is 11.3 Å². The van der Waals surface area contributed by atoms with E-state index in [1.807, 2.05) is 6.92 Å². The van der Waals surface area contributed by atoms with E-state index in [1.54, 1.807) is 18.2 Å². The van der Waals surface area contributed by atoms with Crippen molar-refractivity contribution in [3.05, 3.63) is 42.2 Å². The van der Waals surface area contributed by atoms with Gasteiger partial charge in [0, 0.05) is 19.4 Å². The summed E-state index contributed by atoms with van der Waals surface area (Å²) in [5, 5.41) is 9.36. The van der Waals surface area contributed by atoms with Gasteiger partial charge in [0.05, 0.1) is 11.8 Å². The third kappa shape index (κ3) is 3.92. The summed E-state index contributed by atoms with van der Waals surface area (Å²) >= 11 is 0. The van der Waals surface area contributed by atoms with E-state index in [9.17, 15) is 19.1 Å². The van der Waals surface area contributed by atoms with E-state index in [1.165, 1.54) is 17.2 Å². The number of halogens is 1. The number of oxazole rings is 1. The molecular formula is C19H21FN2O4. The molecular weight excluding hydrogens is 339 g/mol. The lowest BCUT2D eigenvalue weighted by molar-refractivity contribution is -0.153. The molecule has 1 N–H and O–H groups in total. The fraction of sp³-hybridized carbons (Fsp3) is 0.421. The summed E-state index contributed by atoms with van der Waals surface area (Å²) in [5.74, 6) is -0.680. The Kier molecular flexibility index (Phi) is 5.35. The van der Waals surface area contributed by atoms with Crippen molar-refractivity contribution in [2.45, 2.75) is 38.6 Å². The molecule has 26 heavy (non-hydrogen) atoms. The number of likely N-dealkylation sites (tertiary alicyclic amines) is 1.